The minimum Gasteiger partial charge on any atom is -0.340 e. The number of nitrogens with zero attached hydrogens (tertiary/aromatic N) is 1. The minimum atomic E-state index is -0.677. The first-order valence-corrected chi connectivity index (χ1v) is 9.13. The molecule has 5 nitrogen and oxygen atoms in total. The van der Waals surface area contributed by atoms with E-state index in [9.17, 15) is 9.59 Å². The fraction of sp³-hybridized carbons (Fsp3) is 0.250. The first-order valence-electron chi connectivity index (χ1n) is 8.34. The molecule has 0 aliphatic rings. The van der Waals surface area contributed by atoms with E-state index in [0.717, 1.165) is 10.0 Å². The average molecular weight is 416 g/mol. The molecule has 0 spiro atoms. The molecule has 2 rings (SSSR count). The van der Waals surface area contributed by atoms with Crippen LogP contribution in [0.2, 0.25) is 0 Å². The van der Waals surface area contributed by atoms with Crippen molar-refractivity contribution in [1.82, 2.24) is 10.7 Å². The van der Waals surface area contributed by atoms with Crippen LogP contribution in [0.4, 0.5) is 0 Å². The molecule has 26 heavy (non-hydrogen) atoms. The fourth-order valence-corrected chi connectivity index (χ4v) is 2.58. The Hall–Kier alpha value is -2.47. The molecule has 2 aromatic rings. The number of nitrogens with one attached hydrogen (secondary N) is 2. The number of amides is 2. The van der Waals surface area contributed by atoms with E-state index in [4.69, 9.17) is 0 Å². The Morgan fingerprint density at radius 2 is 1.58 bits per heavy atom. The Labute approximate surface area is 162 Å². The monoisotopic (exact) mass is 415 g/mol. The molecule has 6 heteroatoms. The van der Waals surface area contributed by atoms with Crippen LogP contribution in [0.3, 0.4) is 0 Å². The summed E-state index contributed by atoms with van der Waals surface area (Å²) in [6.45, 7) is 5.57. The fourth-order valence-electron chi connectivity index (χ4n) is 2.31. The highest BCUT2D eigenvalue weighted by molar-refractivity contribution is 9.10. The third kappa shape index (κ3) is 5.52. The number of hydrogen-bond donors (Lipinski definition) is 2. The zero-order chi connectivity index (χ0) is 19.1. The van der Waals surface area contributed by atoms with Crippen LogP contribution < -0.4 is 10.7 Å². The summed E-state index contributed by atoms with van der Waals surface area (Å²) in [6, 6.07) is 15.8. The summed E-state index contributed by atoms with van der Waals surface area (Å²) < 4.78 is 0.974. The highest BCUT2D eigenvalue weighted by Gasteiger charge is 2.24. The van der Waals surface area contributed by atoms with Gasteiger partial charge in [-0.2, -0.15) is 5.10 Å². The third-order valence-corrected chi connectivity index (χ3v) is 4.40. The number of carbonyl (C=O) groups is 2. The number of halogens is 1. The van der Waals surface area contributed by atoms with Crippen LogP contribution in [-0.4, -0.2) is 23.6 Å². The van der Waals surface area contributed by atoms with Crippen molar-refractivity contribution < 1.29 is 9.59 Å². The van der Waals surface area contributed by atoms with Crippen LogP contribution in [0.25, 0.3) is 0 Å². The van der Waals surface area contributed by atoms with Gasteiger partial charge in [-0.15, -0.1) is 0 Å². The third-order valence-electron chi connectivity index (χ3n) is 3.87. The van der Waals surface area contributed by atoms with Crippen LogP contribution >= 0.6 is 15.9 Å². The van der Waals surface area contributed by atoms with Gasteiger partial charge in [0, 0.05) is 10.0 Å². The van der Waals surface area contributed by atoms with Crippen molar-refractivity contribution >= 4 is 33.5 Å². The molecule has 0 unspecified atom stereocenters. The highest BCUT2D eigenvalue weighted by Crippen LogP contribution is 2.11. The van der Waals surface area contributed by atoms with Crippen LogP contribution in [0.5, 0.6) is 0 Å². The lowest BCUT2D eigenvalue weighted by Gasteiger charge is -2.20. The second kappa shape index (κ2) is 9.29. The Balaban J connectivity index is 2.05. The highest BCUT2D eigenvalue weighted by atomic mass is 79.9. The number of hydrogen-bond acceptors (Lipinski definition) is 3. The molecule has 0 radical (unpaired) electrons. The van der Waals surface area contributed by atoms with Gasteiger partial charge in [0.2, 0.25) is 0 Å². The summed E-state index contributed by atoms with van der Waals surface area (Å²) in [6.07, 6.45) is 0. The molecule has 0 aromatic heterocycles. The maximum absolute atomic E-state index is 12.5. The topological polar surface area (TPSA) is 70.6 Å². The zero-order valence-corrected chi connectivity index (χ0v) is 16.6. The van der Waals surface area contributed by atoms with E-state index >= 15 is 0 Å². The molecule has 0 bridgehead atoms. The maximum atomic E-state index is 12.5. The van der Waals surface area contributed by atoms with Gasteiger partial charge in [-0.3, -0.25) is 9.59 Å². The maximum Gasteiger partial charge on any atom is 0.262 e. The van der Waals surface area contributed by atoms with E-state index in [1.165, 1.54) is 0 Å². The predicted octanol–water partition coefficient (Wildman–Crippen LogP) is 3.74. The number of benzene rings is 2. The van der Waals surface area contributed by atoms with Crippen LogP contribution in [0.1, 0.15) is 36.7 Å². The molecule has 136 valence electrons. The SMILES string of the molecule is C/C(=N/NC(=O)[C@@H](NC(=O)c1ccccc1)C(C)C)c1ccc(Br)cc1. The quantitative estimate of drug-likeness (QED) is 0.556. The van der Waals surface area contributed by atoms with Crippen molar-refractivity contribution in [2.45, 2.75) is 26.8 Å². The van der Waals surface area contributed by atoms with Gasteiger partial charge in [-0.25, -0.2) is 5.43 Å². The molecular weight excluding hydrogens is 394 g/mol. The Kier molecular flexibility index (Phi) is 7.09. The van der Waals surface area contributed by atoms with Gasteiger partial charge in [0.15, 0.2) is 0 Å². The van der Waals surface area contributed by atoms with E-state index in [-0.39, 0.29) is 17.7 Å². The molecule has 0 aliphatic carbocycles. The largest absolute Gasteiger partial charge is 0.340 e. The molecule has 2 N–H and O–H groups in total. The number of hydrazone groups is 1. The second-order valence-corrected chi connectivity index (χ2v) is 7.16. The van der Waals surface area contributed by atoms with Gasteiger partial charge in [0.25, 0.3) is 11.8 Å². The normalized spacial score (nSPS) is 12.6. The van der Waals surface area contributed by atoms with E-state index in [0.29, 0.717) is 11.3 Å². The van der Waals surface area contributed by atoms with Crippen molar-refractivity contribution in [3.63, 3.8) is 0 Å². The molecule has 0 saturated carbocycles. The predicted molar refractivity (Wildman–Crippen MR) is 107 cm³/mol. The first-order chi connectivity index (χ1) is 12.4. The summed E-state index contributed by atoms with van der Waals surface area (Å²) >= 11 is 3.38. The van der Waals surface area contributed by atoms with Crippen molar-refractivity contribution in [2.75, 3.05) is 0 Å². The minimum absolute atomic E-state index is 0.0779. The molecule has 2 amide bonds. The van der Waals surface area contributed by atoms with E-state index < -0.39 is 6.04 Å². The molecule has 0 saturated heterocycles. The summed E-state index contributed by atoms with van der Waals surface area (Å²) in [7, 11) is 0. The van der Waals surface area contributed by atoms with E-state index in [1.807, 2.05) is 51.1 Å². The summed E-state index contributed by atoms with van der Waals surface area (Å²) in [4.78, 5) is 24.8. The molecule has 0 aliphatic heterocycles. The zero-order valence-electron chi connectivity index (χ0n) is 15.0. The first kappa shape index (κ1) is 19.8. The van der Waals surface area contributed by atoms with Crippen LogP contribution in [-0.2, 0) is 4.79 Å². The average Bonchev–Trinajstić information content (AvgIpc) is 2.64. The number of carbonyl (C=O) groups excluding carboxylic acids is 2. The summed E-state index contributed by atoms with van der Waals surface area (Å²) in [5, 5.41) is 6.93. The standard InChI is InChI=1S/C20H22BrN3O2/c1-13(2)18(22-19(25)16-7-5-4-6-8-16)20(26)24-23-14(3)15-9-11-17(21)12-10-15/h4-13,18H,1-3H3,(H,22,25)(H,24,26)/b23-14-/t18-/m0/s1. The summed E-state index contributed by atoms with van der Waals surface area (Å²) in [5.41, 5.74) is 4.66. The lowest BCUT2D eigenvalue weighted by Crippen LogP contribution is -2.48. The van der Waals surface area contributed by atoms with Gasteiger partial charge in [-0.1, -0.05) is 60.1 Å². The lowest BCUT2D eigenvalue weighted by atomic mass is 10.0. The van der Waals surface area contributed by atoms with E-state index in [1.54, 1.807) is 24.3 Å². The Morgan fingerprint density at radius 1 is 0.962 bits per heavy atom. The lowest BCUT2D eigenvalue weighted by molar-refractivity contribution is -0.123. The van der Waals surface area contributed by atoms with Gasteiger partial charge >= 0.3 is 0 Å². The van der Waals surface area contributed by atoms with Crippen molar-refractivity contribution in [2.24, 2.45) is 11.0 Å². The van der Waals surface area contributed by atoms with Gasteiger partial charge < -0.3 is 5.32 Å². The van der Waals surface area contributed by atoms with Crippen molar-refractivity contribution in [3.8, 4) is 0 Å². The second-order valence-electron chi connectivity index (χ2n) is 6.24. The number of rotatable bonds is 6. The molecule has 1 atom stereocenters. The van der Waals surface area contributed by atoms with Crippen LogP contribution in [0.15, 0.2) is 64.2 Å². The summed E-state index contributed by atoms with van der Waals surface area (Å²) in [5.74, 6) is -0.709. The van der Waals surface area contributed by atoms with Gasteiger partial charge in [0.05, 0.1) is 5.71 Å². The van der Waals surface area contributed by atoms with Crippen molar-refractivity contribution in [3.05, 3.63) is 70.2 Å². The van der Waals surface area contributed by atoms with Gasteiger partial charge in [0.1, 0.15) is 6.04 Å². The molecule has 2 aromatic carbocycles. The molecular formula is C20H22BrN3O2. The molecule has 0 fully saturated rings. The van der Waals surface area contributed by atoms with Crippen LogP contribution in [0, 0.1) is 5.92 Å². The molecule has 0 heterocycles. The van der Waals surface area contributed by atoms with E-state index in [2.05, 4.69) is 31.8 Å². The Morgan fingerprint density at radius 3 is 2.15 bits per heavy atom. The smallest absolute Gasteiger partial charge is 0.262 e. The van der Waals surface area contributed by atoms with Gasteiger partial charge in [-0.05, 0) is 42.7 Å². The Bertz CT molecular complexity index is 786. The van der Waals surface area contributed by atoms with Crippen molar-refractivity contribution in [1.29, 1.82) is 0 Å².